The Bertz CT molecular complexity index is 351. The van der Waals surface area contributed by atoms with Gasteiger partial charge in [-0.05, 0) is 24.1 Å². The van der Waals surface area contributed by atoms with E-state index >= 15 is 0 Å². The number of carbonyl (C=O) groups is 1. The normalized spacial score (nSPS) is 10.8. The Balaban J connectivity index is 2.36. The molecule has 0 spiro atoms. The summed E-state index contributed by atoms with van der Waals surface area (Å²) in [5, 5.41) is 4.18. The average Bonchev–Trinajstić information content (AvgIpc) is 2.27. The Hall–Kier alpha value is -1.07. The Kier molecular flexibility index (Phi) is 6.00. The minimum atomic E-state index is -0.320. The van der Waals surface area contributed by atoms with Gasteiger partial charge in [0.05, 0.1) is 10.8 Å². The molecule has 1 aromatic rings. The van der Waals surface area contributed by atoms with Crippen LogP contribution in [0.3, 0.4) is 0 Å². The number of nitrogens with zero attached hydrogens (tertiary/aromatic N) is 1. The maximum absolute atomic E-state index is 10.6. The fraction of sp³-hybridized carbons (Fsp3) is 0.500. The first-order valence-electron chi connectivity index (χ1n) is 5.64. The summed E-state index contributed by atoms with van der Waals surface area (Å²) in [5.74, 6) is 0.602. The number of hydrogen-bond donors (Lipinski definition) is 2. The van der Waals surface area contributed by atoms with Crippen molar-refractivity contribution in [2.75, 3.05) is 12.3 Å². The highest BCUT2D eigenvalue weighted by Crippen LogP contribution is 2.14. The molecule has 3 N–H and O–H groups in total. The smallest absolute Gasteiger partial charge is 0.227 e. The second-order valence-corrected chi connectivity index (χ2v) is 5.28. The monoisotopic (exact) mass is 253 g/mol. The van der Waals surface area contributed by atoms with Crippen LogP contribution in [-0.2, 0) is 11.3 Å². The van der Waals surface area contributed by atoms with E-state index in [-0.39, 0.29) is 11.7 Å². The maximum Gasteiger partial charge on any atom is 0.227 e. The molecule has 1 amide bonds. The van der Waals surface area contributed by atoms with E-state index < -0.39 is 0 Å². The molecule has 0 aliphatic carbocycles. The van der Waals surface area contributed by atoms with Gasteiger partial charge in [0.15, 0.2) is 0 Å². The van der Waals surface area contributed by atoms with Gasteiger partial charge in [-0.15, -0.1) is 0 Å². The first-order chi connectivity index (χ1) is 8.08. The number of amides is 1. The van der Waals surface area contributed by atoms with Gasteiger partial charge in [0.1, 0.15) is 0 Å². The highest BCUT2D eigenvalue weighted by Gasteiger charge is 2.00. The quantitative estimate of drug-likeness (QED) is 0.721. The molecule has 0 aliphatic heterocycles. The van der Waals surface area contributed by atoms with Crippen LogP contribution in [0.2, 0.25) is 0 Å². The van der Waals surface area contributed by atoms with Crippen molar-refractivity contribution in [3.05, 3.63) is 23.9 Å². The van der Waals surface area contributed by atoms with E-state index in [4.69, 9.17) is 5.73 Å². The van der Waals surface area contributed by atoms with Crippen molar-refractivity contribution in [3.63, 3.8) is 0 Å². The van der Waals surface area contributed by atoms with Crippen molar-refractivity contribution >= 4 is 17.7 Å². The lowest BCUT2D eigenvalue weighted by atomic mass is 10.2. The molecule has 0 aromatic carbocycles. The highest BCUT2D eigenvalue weighted by atomic mass is 32.2. The van der Waals surface area contributed by atoms with Crippen LogP contribution in [0.25, 0.3) is 0 Å². The summed E-state index contributed by atoms with van der Waals surface area (Å²) in [4.78, 5) is 14.9. The summed E-state index contributed by atoms with van der Waals surface area (Å²) >= 11 is 1.36. The number of thioether (sulfide) groups is 1. The minimum Gasteiger partial charge on any atom is -0.369 e. The van der Waals surface area contributed by atoms with Crippen molar-refractivity contribution in [2.45, 2.75) is 25.4 Å². The van der Waals surface area contributed by atoms with Crippen molar-refractivity contribution < 1.29 is 4.79 Å². The van der Waals surface area contributed by atoms with Gasteiger partial charge in [0.25, 0.3) is 0 Å². The van der Waals surface area contributed by atoms with E-state index in [1.807, 2.05) is 18.3 Å². The van der Waals surface area contributed by atoms with E-state index in [0.717, 1.165) is 23.7 Å². The van der Waals surface area contributed by atoms with E-state index in [1.54, 1.807) is 0 Å². The number of nitrogens with two attached hydrogens (primary N) is 1. The number of rotatable bonds is 7. The van der Waals surface area contributed by atoms with E-state index in [9.17, 15) is 4.79 Å². The summed E-state index contributed by atoms with van der Waals surface area (Å²) in [5.41, 5.74) is 6.21. The van der Waals surface area contributed by atoms with E-state index in [1.165, 1.54) is 11.8 Å². The van der Waals surface area contributed by atoms with Crippen LogP contribution in [0.4, 0.5) is 0 Å². The summed E-state index contributed by atoms with van der Waals surface area (Å²) in [6.45, 7) is 6.17. The molecule has 0 aliphatic rings. The standard InChI is InChI=1S/C12H19N3OS/c1-9(2)5-14-6-10-3-4-12(15-7-10)17-8-11(13)16/h3-4,7,9,14H,5-6,8H2,1-2H3,(H2,13,16). The number of hydrogen-bond acceptors (Lipinski definition) is 4. The van der Waals surface area contributed by atoms with Crippen molar-refractivity contribution in [2.24, 2.45) is 11.7 Å². The van der Waals surface area contributed by atoms with Crippen LogP contribution in [0.5, 0.6) is 0 Å². The topological polar surface area (TPSA) is 68.0 Å². The fourth-order valence-corrected chi connectivity index (χ4v) is 1.83. The predicted octanol–water partition coefficient (Wildman–Crippen LogP) is 1.40. The molecule has 0 saturated heterocycles. The van der Waals surface area contributed by atoms with E-state index in [0.29, 0.717) is 5.92 Å². The molecule has 1 aromatic heterocycles. The van der Waals surface area contributed by atoms with Crippen molar-refractivity contribution in [1.82, 2.24) is 10.3 Å². The first kappa shape index (κ1) is 14.0. The van der Waals surface area contributed by atoms with Gasteiger partial charge in [0, 0.05) is 12.7 Å². The molecule has 0 bridgehead atoms. The van der Waals surface area contributed by atoms with Crippen LogP contribution < -0.4 is 11.1 Å². The zero-order valence-corrected chi connectivity index (χ0v) is 11.1. The zero-order valence-electron chi connectivity index (χ0n) is 10.3. The number of pyridine rings is 1. The molecule has 4 nitrogen and oxygen atoms in total. The zero-order chi connectivity index (χ0) is 12.7. The molecular formula is C12H19N3OS. The summed E-state index contributed by atoms with van der Waals surface area (Å²) in [6.07, 6.45) is 1.83. The van der Waals surface area contributed by atoms with Gasteiger partial charge in [-0.1, -0.05) is 31.7 Å². The molecular weight excluding hydrogens is 234 g/mol. The Labute approximate surface area is 106 Å². The maximum atomic E-state index is 10.6. The molecule has 17 heavy (non-hydrogen) atoms. The van der Waals surface area contributed by atoms with Crippen molar-refractivity contribution in [1.29, 1.82) is 0 Å². The molecule has 0 atom stereocenters. The van der Waals surface area contributed by atoms with Crippen LogP contribution in [0, 0.1) is 5.92 Å². The Morgan fingerprint density at radius 2 is 2.29 bits per heavy atom. The molecule has 0 radical (unpaired) electrons. The lowest BCUT2D eigenvalue weighted by Crippen LogP contribution is -2.19. The Morgan fingerprint density at radius 1 is 1.53 bits per heavy atom. The third-order valence-corrected chi connectivity index (χ3v) is 3.01. The minimum absolute atomic E-state index is 0.276. The fourth-order valence-electron chi connectivity index (χ4n) is 1.25. The highest BCUT2D eigenvalue weighted by molar-refractivity contribution is 7.99. The molecule has 94 valence electrons. The predicted molar refractivity (Wildman–Crippen MR) is 70.7 cm³/mol. The molecule has 0 saturated carbocycles. The van der Waals surface area contributed by atoms with Gasteiger partial charge < -0.3 is 11.1 Å². The van der Waals surface area contributed by atoms with Crippen LogP contribution in [-0.4, -0.2) is 23.2 Å². The summed E-state index contributed by atoms with van der Waals surface area (Å²) < 4.78 is 0. The van der Waals surface area contributed by atoms with Gasteiger partial charge >= 0.3 is 0 Å². The average molecular weight is 253 g/mol. The molecule has 0 unspecified atom stereocenters. The molecule has 1 rings (SSSR count). The lowest BCUT2D eigenvalue weighted by molar-refractivity contribution is -0.115. The Morgan fingerprint density at radius 3 is 2.82 bits per heavy atom. The SMILES string of the molecule is CC(C)CNCc1ccc(SCC(N)=O)nc1. The van der Waals surface area contributed by atoms with E-state index in [2.05, 4.69) is 24.1 Å². The van der Waals surface area contributed by atoms with Crippen LogP contribution in [0.1, 0.15) is 19.4 Å². The summed E-state index contributed by atoms with van der Waals surface area (Å²) in [6, 6.07) is 3.93. The van der Waals surface area contributed by atoms with Gasteiger partial charge in [-0.3, -0.25) is 4.79 Å². The summed E-state index contributed by atoms with van der Waals surface area (Å²) in [7, 11) is 0. The number of nitrogens with one attached hydrogen (secondary N) is 1. The van der Waals surface area contributed by atoms with Gasteiger partial charge in [-0.25, -0.2) is 4.98 Å². The third kappa shape index (κ3) is 6.28. The first-order valence-corrected chi connectivity index (χ1v) is 6.63. The lowest BCUT2D eigenvalue weighted by Gasteiger charge is -2.07. The molecule has 1 heterocycles. The van der Waals surface area contributed by atoms with Gasteiger partial charge in [0.2, 0.25) is 5.91 Å². The molecule has 0 fully saturated rings. The number of primary amides is 1. The second-order valence-electron chi connectivity index (χ2n) is 4.28. The van der Waals surface area contributed by atoms with Crippen molar-refractivity contribution in [3.8, 4) is 0 Å². The van der Waals surface area contributed by atoms with Crippen LogP contribution >= 0.6 is 11.8 Å². The van der Waals surface area contributed by atoms with Gasteiger partial charge in [-0.2, -0.15) is 0 Å². The third-order valence-electron chi connectivity index (χ3n) is 2.04. The number of carbonyl (C=O) groups excluding carboxylic acids is 1. The second kappa shape index (κ2) is 7.29. The number of aromatic nitrogens is 1. The molecule has 5 heteroatoms. The largest absolute Gasteiger partial charge is 0.369 e. The van der Waals surface area contributed by atoms with Crippen LogP contribution in [0.15, 0.2) is 23.4 Å².